The number of amides is 1. The average Bonchev–Trinajstić information content (AvgIpc) is 2.30. The van der Waals surface area contributed by atoms with E-state index in [0.717, 1.165) is 5.56 Å². The third kappa shape index (κ3) is 2.66. The van der Waals surface area contributed by atoms with Crippen LogP contribution in [0, 0.1) is 12.7 Å². The Labute approximate surface area is 98.3 Å². The van der Waals surface area contributed by atoms with Gasteiger partial charge in [-0.05, 0) is 36.8 Å². The summed E-state index contributed by atoms with van der Waals surface area (Å²) in [4.78, 5) is 15.6. The van der Waals surface area contributed by atoms with Crippen LogP contribution in [0.5, 0.6) is 0 Å². The summed E-state index contributed by atoms with van der Waals surface area (Å²) < 4.78 is 13.5. The Bertz CT molecular complexity index is 540. The first-order valence-electron chi connectivity index (χ1n) is 5.14. The van der Waals surface area contributed by atoms with Gasteiger partial charge in [-0.1, -0.05) is 6.07 Å². The van der Waals surface area contributed by atoms with Crippen LogP contribution in [-0.2, 0) is 0 Å². The summed E-state index contributed by atoms with van der Waals surface area (Å²) in [5, 5.41) is 2.60. The third-order valence-corrected chi connectivity index (χ3v) is 2.31. The van der Waals surface area contributed by atoms with Crippen molar-refractivity contribution in [2.75, 3.05) is 5.32 Å². The molecule has 1 N–H and O–H groups in total. The molecule has 17 heavy (non-hydrogen) atoms. The zero-order chi connectivity index (χ0) is 12.3. The van der Waals surface area contributed by atoms with E-state index in [4.69, 9.17) is 0 Å². The van der Waals surface area contributed by atoms with Crippen LogP contribution in [0.2, 0.25) is 0 Å². The monoisotopic (exact) mass is 230 g/mol. The molecule has 2 aromatic rings. The Kier molecular flexibility index (Phi) is 3.14. The second-order valence-corrected chi connectivity index (χ2v) is 3.67. The van der Waals surface area contributed by atoms with Crippen molar-refractivity contribution in [1.29, 1.82) is 0 Å². The van der Waals surface area contributed by atoms with Crippen LogP contribution >= 0.6 is 0 Å². The van der Waals surface area contributed by atoms with Crippen molar-refractivity contribution in [2.45, 2.75) is 6.92 Å². The average molecular weight is 230 g/mol. The highest BCUT2D eigenvalue weighted by Crippen LogP contribution is 2.12. The lowest BCUT2D eigenvalue weighted by Gasteiger charge is -2.06. The van der Waals surface area contributed by atoms with Crippen molar-refractivity contribution in [2.24, 2.45) is 0 Å². The number of hydrogen-bond acceptors (Lipinski definition) is 2. The van der Waals surface area contributed by atoms with Crippen LogP contribution < -0.4 is 5.32 Å². The molecule has 4 heteroatoms. The first-order valence-corrected chi connectivity index (χ1v) is 5.14. The van der Waals surface area contributed by atoms with E-state index in [-0.39, 0.29) is 5.56 Å². The molecule has 1 heterocycles. The van der Waals surface area contributed by atoms with Gasteiger partial charge in [-0.3, -0.25) is 9.78 Å². The Morgan fingerprint density at radius 3 is 2.59 bits per heavy atom. The Morgan fingerprint density at radius 1 is 1.24 bits per heavy atom. The normalized spacial score (nSPS) is 10.0. The maximum Gasteiger partial charge on any atom is 0.258 e. The van der Waals surface area contributed by atoms with Crippen molar-refractivity contribution in [1.82, 2.24) is 4.98 Å². The lowest BCUT2D eigenvalue weighted by Crippen LogP contribution is -2.13. The molecule has 0 saturated heterocycles. The van der Waals surface area contributed by atoms with E-state index in [9.17, 15) is 9.18 Å². The van der Waals surface area contributed by atoms with Crippen LogP contribution in [0.3, 0.4) is 0 Å². The summed E-state index contributed by atoms with van der Waals surface area (Å²) >= 11 is 0. The smallest absolute Gasteiger partial charge is 0.258 e. The number of hydrogen-bond donors (Lipinski definition) is 1. The Morgan fingerprint density at radius 2 is 1.94 bits per heavy atom. The van der Waals surface area contributed by atoms with Gasteiger partial charge in [-0.15, -0.1) is 0 Å². The van der Waals surface area contributed by atoms with Gasteiger partial charge in [0.2, 0.25) is 0 Å². The molecule has 0 unspecified atom stereocenters. The number of carbonyl (C=O) groups is 1. The van der Waals surface area contributed by atoms with E-state index in [2.05, 4.69) is 10.3 Å². The van der Waals surface area contributed by atoms with Gasteiger partial charge >= 0.3 is 0 Å². The molecule has 0 atom stereocenters. The summed E-state index contributed by atoms with van der Waals surface area (Å²) in [6, 6.07) is 7.79. The van der Waals surface area contributed by atoms with E-state index in [1.165, 1.54) is 12.1 Å². The second kappa shape index (κ2) is 4.74. The summed E-state index contributed by atoms with van der Waals surface area (Å²) in [7, 11) is 0. The van der Waals surface area contributed by atoms with Crippen molar-refractivity contribution >= 4 is 11.6 Å². The largest absolute Gasteiger partial charge is 0.322 e. The highest BCUT2D eigenvalue weighted by atomic mass is 19.1. The van der Waals surface area contributed by atoms with Crippen LogP contribution in [0.15, 0.2) is 42.7 Å². The summed E-state index contributed by atoms with van der Waals surface area (Å²) in [6.45, 7) is 1.77. The van der Waals surface area contributed by atoms with Gasteiger partial charge in [0.25, 0.3) is 5.91 Å². The number of aryl methyl sites for hydroxylation is 1. The van der Waals surface area contributed by atoms with Gasteiger partial charge in [-0.25, -0.2) is 4.39 Å². The highest BCUT2D eigenvalue weighted by Gasteiger charge is 2.11. The first kappa shape index (κ1) is 11.3. The molecule has 0 aliphatic rings. The van der Waals surface area contributed by atoms with Gasteiger partial charge in [0.1, 0.15) is 5.82 Å². The van der Waals surface area contributed by atoms with E-state index in [0.29, 0.717) is 5.69 Å². The topological polar surface area (TPSA) is 42.0 Å². The van der Waals surface area contributed by atoms with Gasteiger partial charge in [0.05, 0.1) is 5.56 Å². The quantitative estimate of drug-likeness (QED) is 0.861. The number of anilines is 1. The maximum atomic E-state index is 13.5. The van der Waals surface area contributed by atoms with Crippen LogP contribution in [0.4, 0.5) is 10.1 Å². The molecule has 1 amide bonds. The lowest BCUT2D eigenvalue weighted by atomic mass is 10.1. The van der Waals surface area contributed by atoms with Gasteiger partial charge < -0.3 is 5.32 Å². The molecule has 0 radical (unpaired) electrons. The number of benzene rings is 1. The molecule has 0 saturated carbocycles. The van der Waals surface area contributed by atoms with E-state index >= 15 is 0 Å². The molecule has 86 valence electrons. The number of aromatic nitrogens is 1. The highest BCUT2D eigenvalue weighted by molar-refractivity contribution is 6.04. The first-order chi connectivity index (χ1) is 8.16. The molecule has 2 rings (SSSR count). The third-order valence-electron chi connectivity index (χ3n) is 2.31. The minimum absolute atomic E-state index is 0.0346. The summed E-state index contributed by atoms with van der Waals surface area (Å²) in [5.74, 6) is -0.981. The Hall–Kier alpha value is -2.23. The fourth-order valence-electron chi connectivity index (χ4n) is 1.44. The fraction of sp³-hybridized carbons (Fsp3) is 0.0769. The van der Waals surface area contributed by atoms with Crippen molar-refractivity contribution in [3.63, 3.8) is 0 Å². The minimum atomic E-state index is -0.517. The van der Waals surface area contributed by atoms with Crippen molar-refractivity contribution in [3.8, 4) is 0 Å². The molecule has 0 spiro atoms. The molecule has 0 fully saturated rings. The van der Waals surface area contributed by atoms with E-state index < -0.39 is 11.7 Å². The van der Waals surface area contributed by atoms with E-state index in [1.807, 2.05) is 0 Å². The van der Waals surface area contributed by atoms with Gasteiger partial charge in [0, 0.05) is 18.1 Å². The SMILES string of the molecule is Cc1ccc(C(=O)Nc2ccncc2)c(F)c1. The number of rotatable bonds is 2. The number of halogens is 1. The fourth-order valence-corrected chi connectivity index (χ4v) is 1.44. The van der Waals surface area contributed by atoms with Crippen molar-refractivity contribution < 1.29 is 9.18 Å². The molecule has 1 aromatic carbocycles. The Balaban J connectivity index is 2.21. The predicted octanol–water partition coefficient (Wildman–Crippen LogP) is 2.78. The summed E-state index contributed by atoms with van der Waals surface area (Å²) in [5.41, 5.74) is 1.40. The van der Waals surface area contributed by atoms with Crippen LogP contribution in [-0.4, -0.2) is 10.9 Å². The minimum Gasteiger partial charge on any atom is -0.322 e. The van der Waals surface area contributed by atoms with Crippen molar-refractivity contribution in [3.05, 3.63) is 59.7 Å². The molecule has 3 nitrogen and oxygen atoms in total. The number of pyridine rings is 1. The lowest BCUT2D eigenvalue weighted by molar-refractivity contribution is 0.102. The maximum absolute atomic E-state index is 13.5. The molecular weight excluding hydrogens is 219 g/mol. The molecule has 1 aromatic heterocycles. The molecule has 0 aliphatic carbocycles. The van der Waals surface area contributed by atoms with Crippen LogP contribution in [0.1, 0.15) is 15.9 Å². The number of carbonyl (C=O) groups excluding carboxylic acids is 1. The molecule has 0 aliphatic heterocycles. The zero-order valence-electron chi connectivity index (χ0n) is 9.27. The zero-order valence-corrected chi connectivity index (χ0v) is 9.27. The van der Waals surface area contributed by atoms with Crippen LogP contribution in [0.25, 0.3) is 0 Å². The second-order valence-electron chi connectivity index (χ2n) is 3.67. The van der Waals surface area contributed by atoms with Gasteiger partial charge in [-0.2, -0.15) is 0 Å². The number of nitrogens with one attached hydrogen (secondary N) is 1. The molecule has 0 bridgehead atoms. The van der Waals surface area contributed by atoms with Gasteiger partial charge in [0.15, 0.2) is 0 Å². The summed E-state index contributed by atoms with van der Waals surface area (Å²) in [6.07, 6.45) is 3.11. The van der Waals surface area contributed by atoms with E-state index in [1.54, 1.807) is 37.5 Å². The molecular formula is C13H11FN2O. The number of nitrogens with zero attached hydrogens (tertiary/aromatic N) is 1. The predicted molar refractivity (Wildman–Crippen MR) is 63.3 cm³/mol. The standard InChI is InChI=1S/C13H11FN2O/c1-9-2-3-11(12(14)8-9)13(17)16-10-4-6-15-7-5-10/h2-8H,1H3,(H,15,16,17).